The minimum Gasteiger partial charge on any atom is -0.475 e. The summed E-state index contributed by atoms with van der Waals surface area (Å²) in [7, 11) is 0. The number of benzene rings is 1. The van der Waals surface area contributed by atoms with Crippen LogP contribution in [0.4, 0.5) is 0 Å². The lowest BCUT2D eigenvalue weighted by Gasteiger charge is -2.17. The Labute approximate surface area is 111 Å². The summed E-state index contributed by atoms with van der Waals surface area (Å²) < 4.78 is 6.65. The molecule has 0 aromatic heterocycles. The van der Waals surface area contributed by atoms with Gasteiger partial charge in [-0.05, 0) is 50.5 Å². The van der Waals surface area contributed by atoms with Gasteiger partial charge in [0.25, 0.3) is 0 Å². The molecule has 0 amide bonds. The zero-order valence-corrected chi connectivity index (χ0v) is 11.9. The van der Waals surface area contributed by atoms with E-state index in [2.05, 4.69) is 22.0 Å². The van der Waals surface area contributed by atoms with Crippen LogP contribution < -0.4 is 10.5 Å². The molecule has 0 aliphatic rings. The van der Waals surface area contributed by atoms with Crippen LogP contribution in [-0.2, 0) is 6.42 Å². The van der Waals surface area contributed by atoms with Gasteiger partial charge in [0.1, 0.15) is 11.8 Å². The Morgan fingerprint density at radius 3 is 2.65 bits per heavy atom. The molecule has 0 aliphatic carbocycles. The number of nitrogens with two attached hydrogens (primary N) is 1. The number of aryl methyl sites for hydroxylation is 1. The molecule has 0 radical (unpaired) electrons. The van der Waals surface area contributed by atoms with Gasteiger partial charge in [-0.2, -0.15) is 5.26 Å². The average molecular weight is 297 g/mol. The van der Waals surface area contributed by atoms with Crippen molar-refractivity contribution in [3.05, 3.63) is 27.7 Å². The summed E-state index contributed by atoms with van der Waals surface area (Å²) in [5, 5.41) is 8.81. The lowest BCUT2D eigenvalue weighted by Crippen LogP contribution is -2.19. The number of nitrogens with zero attached hydrogens (tertiary/aromatic N) is 1. The molecule has 0 bridgehead atoms. The minimum atomic E-state index is -0.457. The molecule has 0 saturated heterocycles. The van der Waals surface area contributed by atoms with E-state index in [1.54, 1.807) is 6.92 Å². The fraction of sp³-hybridized carbons (Fsp3) is 0.462. The van der Waals surface area contributed by atoms with Gasteiger partial charge in [0, 0.05) is 10.5 Å². The zero-order valence-electron chi connectivity index (χ0n) is 10.3. The molecule has 1 aromatic carbocycles. The van der Waals surface area contributed by atoms with Crippen LogP contribution in [0.2, 0.25) is 0 Å². The predicted molar refractivity (Wildman–Crippen MR) is 71.9 cm³/mol. The summed E-state index contributed by atoms with van der Waals surface area (Å²) in [4.78, 5) is 0. The molecule has 2 unspecified atom stereocenters. The first-order valence-electron chi connectivity index (χ1n) is 5.55. The Balaban J connectivity index is 3.12. The van der Waals surface area contributed by atoms with E-state index in [1.807, 2.05) is 26.0 Å². The third-order valence-electron chi connectivity index (χ3n) is 2.33. The first-order chi connectivity index (χ1) is 7.93. The lowest BCUT2D eigenvalue weighted by atomic mass is 10.0. The van der Waals surface area contributed by atoms with Gasteiger partial charge in [0.2, 0.25) is 0 Å². The summed E-state index contributed by atoms with van der Waals surface area (Å²) in [6.07, 6.45) is 0.273. The van der Waals surface area contributed by atoms with Crippen LogP contribution in [0.1, 0.15) is 25.0 Å². The molecule has 0 aliphatic heterocycles. The number of rotatable bonds is 4. The highest BCUT2D eigenvalue weighted by Crippen LogP contribution is 2.29. The van der Waals surface area contributed by atoms with Crippen molar-refractivity contribution >= 4 is 15.9 Å². The summed E-state index contributed by atoms with van der Waals surface area (Å²) >= 11 is 3.46. The molecule has 1 rings (SSSR count). The van der Waals surface area contributed by atoms with E-state index in [0.29, 0.717) is 0 Å². The molecule has 0 spiro atoms. The van der Waals surface area contributed by atoms with Crippen molar-refractivity contribution in [2.75, 3.05) is 0 Å². The largest absolute Gasteiger partial charge is 0.475 e. The van der Waals surface area contributed by atoms with E-state index in [4.69, 9.17) is 15.7 Å². The molecule has 17 heavy (non-hydrogen) atoms. The van der Waals surface area contributed by atoms with Crippen LogP contribution in [0.15, 0.2) is 16.6 Å². The second-order valence-electron chi connectivity index (χ2n) is 4.28. The SMILES string of the molecule is Cc1cc(Br)cc(CC(C)N)c1OC(C)C#N. The van der Waals surface area contributed by atoms with Crippen molar-refractivity contribution in [1.29, 1.82) is 5.26 Å². The maximum absolute atomic E-state index is 8.81. The highest BCUT2D eigenvalue weighted by atomic mass is 79.9. The van der Waals surface area contributed by atoms with Gasteiger partial charge in [-0.25, -0.2) is 0 Å². The van der Waals surface area contributed by atoms with E-state index in [0.717, 1.165) is 27.8 Å². The maximum atomic E-state index is 8.81. The monoisotopic (exact) mass is 296 g/mol. The Hall–Kier alpha value is -1.05. The Morgan fingerprint density at radius 1 is 1.47 bits per heavy atom. The van der Waals surface area contributed by atoms with Crippen molar-refractivity contribution in [3.8, 4) is 11.8 Å². The van der Waals surface area contributed by atoms with Crippen molar-refractivity contribution in [3.63, 3.8) is 0 Å². The van der Waals surface area contributed by atoms with Crippen LogP contribution >= 0.6 is 15.9 Å². The normalized spacial score (nSPS) is 13.9. The van der Waals surface area contributed by atoms with Crippen molar-refractivity contribution in [1.82, 2.24) is 0 Å². The second-order valence-corrected chi connectivity index (χ2v) is 5.20. The molecular formula is C13H17BrN2O. The van der Waals surface area contributed by atoms with E-state index in [1.165, 1.54) is 0 Å². The van der Waals surface area contributed by atoms with Crippen LogP contribution in [0.25, 0.3) is 0 Å². The van der Waals surface area contributed by atoms with Gasteiger partial charge in [0.05, 0.1) is 0 Å². The summed E-state index contributed by atoms with van der Waals surface area (Å²) in [5.41, 5.74) is 7.87. The lowest BCUT2D eigenvalue weighted by molar-refractivity contribution is 0.271. The molecular weight excluding hydrogens is 280 g/mol. The number of nitriles is 1. The van der Waals surface area contributed by atoms with Crippen LogP contribution in [0.3, 0.4) is 0 Å². The van der Waals surface area contributed by atoms with Crippen LogP contribution in [-0.4, -0.2) is 12.1 Å². The maximum Gasteiger partial charge on any atom is 0.181 e. The first-order valence-corrected chi connectivity index (χ1v) is 6.34. The highest BCUT2D eigenvalue weighted by molar-refractivity contribution is 9.10. The van der Waals surface area contributed by atoms with Crippen molar-refractivity contribution in [2.24, 2.45) is 5.73 Å². The van der Waals surface area contributed by atoms with Gasteiger partial charge < -0.3 is 10.5 Å². The quantitative estimate of drug-likeness (QED) is 0.929. The Bertz CT molecular complexity index is 438. The number of ether oxygens (including phenoxy) is 1. The highest BCUT2D eigenvalue weighted by Gasteiger charge is 2.13. The molecule has 2 atom stereocenters. The van der Waals surface area contributed by atoms with Crippen molar-refractivity contribution in [2.45, 2.75) is 39.3 Å². The number of halogens is 1. The van der Waals surface area contributed by atoms with Gasteiger partial charge in [-0.3, -0.25) is 0 Å². The average Bonchev–Trinajstić information content (AvgIpc) is 2.21. The summed E-state index contributed by atoms with van der Waals surface area (Å²) in [5.74, 6) is 0.777. The fourth-order valence-electron chi connectivity index (χ4n) is 1.67. The predicted octanol–water partition coefficient (Wildman–Crippen LogP) is 2.94. The van der Waals surface area contributed by atoms with E-state index in [9.17, 15) is 0 Å². The molecule has 2 N–H and O–H groups in total. The van der Waals surface area contributed by atoms with E-state index >= 15 is 0 Å². The second kappa shape index (κ2) is 6.04. The van der Waals surface area contributed by atoms with Crippen molar-refractivity contribution < 1.29 is 4.74 Å². The minimum absolute atomic E-state index is 0.0587. The standard InChI is InChI=1S/C13H17BrN2O/c1-8-4-12(14)6-11(5-9(2)16)13(8)17-10(3)7-15/h4,6,9-10H,5,16H2,1-3H3. The third kappa shape index (κ3) is 4.03. The van der Waals surface area contributed by atoms with Crippen LogP contribution in [0, 0.1) is 18.3 Å². The molecule has 1 aromatic rings. The topological polar surface area (TPSA) is 59.0 Å². The van der Waals surface area contributed by atoms with E-state index < -0.39 is 6.10 Å². The Morgan fingerprint density at radius 2 is 2.12 bits per heavy atom. The molecule has 92 valence electrons. The van der Waals surface area contributed by atoms with E-state index in [-0.39, 0.29) is 6.04 Å². The van der Waals surface area contributed by atoms with Crippen LogP contribution in [0.5, 0.6) is 5.75 Å². The van der Waals surface area contributed by atoms with Gasteiger partial charge in [-0.15, -0.1) is 0 Å². The Kier molecular flexibility index (Phi) is 4.98. The molecule has 0 saturated carbocycles. The first kappa shape index (κ1) is 14.0. The molecule has 0 fully saturated rings. The fourth-order valence-corrected chi connectivity index (χ4v) is 2.29. The van der Waals surface area contributed by atoms with Gasteiger partial charge in [-0.1, -0.05) is 15.9 Å². The summed E-state index contributed by atoms with van der Waals surface area (Å²) in [6, 6.07) is 6.10. The smallest absolute Gasteiger partial charge is 0.181 e. The zero-order chi connectivity index (χ0) is 13.0. The molecule has 0 heterocycles. The molecule has 3 nitrogen and oxygen atoms in total. The number of hydrogen-bond acceptors (Lipinski definition) is 3. The third-order valence-corrected chi connectivity index (χ3v) is 2.79. The molecule has 4 heteroatoms. The van der Waals surface area contributed by atoms with Gasteiger partial charge in [0.15, 0.2) is 6.10 Å². The number of hydrogen-bond donors (Lipinski definition) is 1. The summed E-state index contributed by atoms with van der Waals surface area (Å²) in [6.45, 7) is 5.65. The van der Waals surface area contributed by atoms with Gasteiger partial charge >= 0.3 is 0 Å².